The molecule has 1 aromatic carbocycles. The molecule has 0 amide bonds. The molecule has 7 heteroatoms. The summed E-state index contributed by atoms with van der Waals surface area (Å²) in [6.07, 6.45) is 14.0. The number of aryl methyl sites for hydroxylation is 1. The van der Waals surface area contributed by atoms with Crippen molar-refractivity contribution in [3.8, 4) is 0 Å². The average molecular weight is 374 g/mol. The van der Waals surface area contributed by atoms with Gasteiger partial charge in [0.15, 0.2) is 0 Å². The van der Waals surface area contributed by atoms with Gasteiger partial charge in [0.25, 0.3) is 0 Å². The largest absolute Gasteiger partial charge is 1.00 e. The number of hydrogen-bond acceptors (Lipinski definition) is 4. The summed E-state index contributed by atoms with van der Waals surface area (Å²) in [4.78, 5) is 0. The Bertz CT molecular complexity index is 445. The van der Waals surface area contributed by atoms with E-state index in [9.17, 15) is 0 Å². The zero-order valence-electron chi connectivity index (χ0n) is 15.5. The maximum Gasteiger partial charge on any atom is 1.00 e. The molecule has 0 aliphatic rings. The van der Waals surface area contributed by atoms with Crippen LogP contribution in [-0.4, -0.2) is 17.5 Å². The molecule has 0 fully saturated rings. The third-order valence-electron chi connectivity index (χ3n) is 3.41. The van der Waals surface area contributed by atoms with Crippen LogP contribution < -0.4 is 59.1 Å². The number of hydrogen-bond donors (Lipinski definition) is 0. The molecule has 0 spiro atoms. The van der Waals surface area contributed by atoms with E-state index in [-0.39, 0.29) is 59.1 Å². The van der Waals surface area contributed by atoms with Crippen molar-refractivity contribution in [3.63, 3.8) is 0 Å². The molecule has 0 saturated heterocycles. The fourth-order valence-electron chi connectivity index (χ4n) is 2.28. The van der Waals surface area contributed by atoms with Gasteiger partial charge in [-0.05, 0) is 18.4 Å². The number of unbranched alkanes of at least 4 members (excludes halogenated alkanes) is 8. The van der Waals surface area contributed by atoms with Crippen LogP contribution in [-0.2, 0) is 16.8 Å². The molecule has 1 rings (SSSR count). The third kappa shape index (κ3) is 27.9. The fourth-order valence-corrected chi connectivity index (χ4v) is 2.28. The van der Waals surface area contributed by atoms with E-state index in [2.05, 4.69) is 37.3 Å². The maximum atomic E-state index is 8.52. The zero-order chi connectivity index (χ0) is 16.7. The molecule has 1 aromatic rings. The fraction of sp³-hybridized carbons (Fsp3) is 0.647. The van der Waals surface area contributed by atoms with Gasteiger partial charge in [-0.2, -0.15) is 0 Å². The van der Waals surface area contributed by atoms with Gasteiger partial charge < -0.3 is 9.11 Å². The van der Waals surface area contributed by atoms with Gasteiger partial charge in [-0.1, -0.05) is 88.6 Å². The second-order valence-electron chi connectivity index (χ2n) is 5.47. The molecule has 0 heterocycles. The van der Waals surface area contributed by atoms with Crippen LogP contribution in [0, 0.1) is 0 Å². The van der Waals surface area contributed by atoms with Crippen LogP contribution in [0.5, 0.6) is 0 Å². The topological polar surface area (TPSA) is 80.3 Å². The first-order valence-electron chi connectivity index (χ1n) is 8.14. The molecule has 0 N–H and O–H groups in total. The Morgan fingerprint density at radius 3 is 1.54 bits per heavy atom. The quantitative estimate of drug-likeness (QED) is 0.215. The molecule has 0 aliphatic heterocycles. The molecule has 0 atom stereocenters. The van der Waals surface area contributed by atoms with E-state index in [0.717, 1.165) is 0 Å². The van der Waals surface area contributed by atoms with Crippen molar-refractivity contribution < 1.29 is 76.6 Å². The first-order valence-corrected chi connectivity index (χ1v) is 9.47. The van der Waals surface area contributed by atoms with Crippen LogP contribution in [0.15, 0.2) is 30.3 Å². The summed E-state index contributed by atoms with van der Waals surface area (Å²) in [5, 5.41) is 0. The Morgan fingerprint density at radius 2 is 1.12 bits per heavy atom. The second-order valence-corrected chi connectivity index (χ2v) is 6.29. The van der Waals surface area contributed by atoms with E-state index < -0.39 is 10.4 Å². The smallest absolute Gasteiger partial charge is 0.759 e. The van der Waals surface area contributed by atoms with Gasteiger partial charge in [-0.3, -0.25) is 8.42 Å². The molecular formula is C17H28Na2O4S. The van der Waals surface area contributed by atoms with Crippen LogP contribution in [0.2, 0.25) is 0 Å². The van der Waals surface area contributed by atoms with Crippen molar-refractivity contribution in [2.45, 2.75) is 71.1 Å². The van der Waals surface area contributed by atoms with E-state index in [1.807, 2.05) is 0 Å². The van der Waals surface area contributed by atoms with E-state index in [1.54, 1.807) is 0 Å². The maximum absolute atomic E-state index is 8.52. The second kappa shape index (κ2) is 20.4. The summed E-state index contributed by atoms with van der Waals surface area (Å²) < 4.78 is 34.1. The van der Waals surface area contributed by atoms with Crippen LogP contribution in [0.25, 0.3) is 0 Å². The summed E-state index contributed by atoms with van der Waals surface area (Å²) in [7, 11) is -5.17. The Labute approximate surface area is 192 Å². The minimum atomic E-state index is -5.17. The van der Waals surface area contributed by atoms with Gasteiger partial charge in [-0.15, -0.1) is 0 Å². The van der Waals surface area contributed by atoms with E-state index in [0.29, 0.717) is 0 Å². The van der Waals surface area contributed by atoms with Gasteiger partial charge in [0.1, 0.15) is 0 Å². The van der Waals surface area contributed by atoms with Crippen LogP contribution in [0.3, 0.4) is 0 Å². The van der Waals surface area contributed by atoms with E-state index in [4.69, 9.17) is 17.5 Å². The molecule has 128 valence electrons. The summed E-state index contributed by atoms with van der Waals surface area (Å²) in [5.74, 6) is 0. The van der Waals surface area contributed by atoms with Crippen LogP contribution in [0.1, 0.15) is 70.3 Å². The Hall–Kier alpha value is 1.09. The van der Waals surface area contributed by atoms with Crippen molar-refractivity contribution in [2.24, 2.45) is 0 Å². The molecule has 24 heavy (non-hydrogen) atoms. The Kier molecular flexibility index (Phi) is 25.4. The van der Waals surface area contributed by atoms with E-state index >= 15 is 0 Å². The van der Waals surface area contributed by atoms with Crippen molar-refractivity contribution in [2.75, 3.05) is 0 Å². The molecule has 4 nitrogen and oxygen atoms in total. The van der Waals surface area contributed by atoms with Crippen LogP contribution >= 0.6 is 0 Å². The molecule has 0 radical (unpaired) electrons. The monoisotopic (exact) mass is 374 g/mol. The molecule has 0 saturated carbocycles. The molecule has 0 unspecified atom stereocenters. The van der Waals surface area contributed by atoms with E-state index in [1.165, 1.54) is 69.8 Å². The zero-order valence-corrected chi connectivity index (χ0v) is 20.3. The standard InChI is InChI=1S/C17H28.2Na.H2O4S/c1-2-3-4-5-6-7-8-9-11-14-17-15-12-10-13-16-17;;;1-5(2,3)4/h10,12-13,15-16H,2-9,11,14H2,1H3;;;(H2,1,2,3,4)/q;2*+1;/p-2. The Morgan fingerprint density at radius 1 is 0.750 bits per heavy atom. The first-order chi connectivity index (χ1) is 10.4. The first kappa shape index (κ1) is 29.8. The van der Waals surface area contributed by atoms with Gasteiger partial charge in [0.05, 0.1) is 0 Å². The normalized spacial score (nSPS) is 9.96. The number of rotatable bonds is 10. The minimum Gasteiger partial charge on any atom is -0.759 e. The van der Waals surface area contributed by atoms with Crippen molar-refractivity contribution in [3.05, 3.63) is 35.9 Å². The van der Waals surface area contributed by atoms with Crippen molar-refractivity contribution in [1.82, 2.24) is 0 Å². The third-order valence-corrected chi connectivity index (χ3v) is 3.41. The molecular weight excluding hydrogens is 346 g/mol. The SMILES string of the molecule is CCCCCCCCCCCc1ccccc1.O=S(=O)([O-])[O-].[Na+].[Na+]. The average Bonchev–Trinajstić information content (AvgIpc) is 2.45. The predicted molar refractivity (Wildman–Crippen MR) is 87.8 cm³/mol. The number of benzene rings is 1. The predicted octanol–water partition coefficient (Wildman–Crippen LogP) is -1.57. The van der Waals surface area contributed by atoms with Crippen molar-refractivity contribution in [1.29, 1.82) is 0 Å². The van der Waals surface area contributed by atoms with Gasteiger partial charge >= 0.3 is 59.1 Å². The molecule has 0 bridgehead atoms. The van der Waals surface area contributed by atoms with Gasteiger partial charge in [-0.25, -0.2) is 0 Å². The van der Waals surface area contributed by atoms with Gasteiger partial charge in [0.2, 0.25) is 0 Å². The summed E-state index contributed by atoms with van der Waals surface area (Å²) in [6.45, 7) is 2.28. The molecule has 0 aliphatic carbocycles. The van der Waals surface area contributed by atoms with Gasteiger partial charge in [0, 0.05) is 10.4 Å². The summed E-state index contributed by atoms with van der Waals surface area (Å²) in [5.41, 5.74) is 1.50. The Balaban J connectivity index is -0.000000554. The summed E-state index contributed by atoms with van der Waals surface area (Å²) in [6, 6.07) is 10.9. The summed E-state index contributed by atoms with van der Waals surface area (Å²) >= 11 is 0. The van der Waals surface area contributed by atoms with Crippen molar-refractivity contribution >= 4 is 10.4 Å². The molecule has 0 aromatic heterocycles. The minimum absolute atomic E-state index is 0. The van der Waals surface area contributed by atoms with Crippen LogP contribution in [0.4, 0.5) is 0 Å².